The standard InChI is InChI=1S/C20H13FN4O/c1-24-6-7-25-18(12-23-19(25)20(24)26)15-8-14(9-16(21)10-15)17-5-3-2-4-13(17)11-22/h2-10,12H,1H3. The average molecular weight is 344 g/mol. The summed E-state index contributed by atoms with van der Waals surface area (Å²) in [4.78, 5) is 16.4. The number of halogens is 1. The lowest BCUT2D eigenvalue weighted by atomic mass is 9.98. The number of hydrogen-bond acceptors (Lipinski definition) is 3. The molecule has 26 heavy (non-hydrogen) atoms. The lowest BCUT2D eigenvalue weighted by Gasteiger charge is -2.08. The normalized spacial score (nSPS) is 10.8. The van der Waals surface area contributed by atoms with Crippen LogP contribution in [0, 0.1) is 17.1 Å². The van der Waals surface area contributed by atoms with Crippen LogP contribution in [0.15, 0.2) is 65.8 Å². The van der Waals surface area contributed by atoms with Gasteiger partial charge in [-0.3, -0.25) is 9.20 Å². The lowest BCUT2D eigenvalue weighted by molar-refractivity contribution is 0.628. The van der Waals surface area contributed by atoms with Crippen LogP contribution in [-0.2, 0) is 7.05 Å². The third-order valence-corrected chi connectivity index (χ3v) is 4.30. The van der Waals surface area contributed by atoms with Crippen LogP contribution in [0.2, 0.25) is 0 Å². The summed E-state index contributed by atoms with van der Waals surface area (Å²) < 4.78 is 17.4. The van der Waals surface area contributed by atoms with Crippen molar-refractivity contribution in [1.29, 1.82) is 5.26 Å². The van der Waals surface area contributed by atoms with E-state index in [9.17, 15) is 14.4 Å². The van der Waals surface area contributed by atoms with Crippen molar-refractivity contribution in [3.05, 3.63) is 82.8 Å². The molecule has 2 aromatic heterocycles. The van der Waals surface area contributed by atoms with Gasteiger partial charge >= 0.3 is 0 Å². The molecular formula is C20H13FN4O. The van der Waals surface area contributed by atoms with E-state index in [2.05, 4.69) is 11.1 Å². The summed E-state index contributed by atoms with van der Waals surface area (Å²) in [5.41, 5.74) is 2.94. The van der Waals surface area contributed by atoms with Crippen molar-refractivity contribution in [3.63, 3.8) is 0 Å². The largest absolute Gasteiger partial charge is 0.314 e. The molecule has 6 heteroatoms. The minimum absolute atomic E-state index is 0.231. The Balaban J connectivity index is 1.95. The second-order valence-electron chi connectivity index (χ2n) is 5.94. The number of rotatable bonds is 2. The molecule has 0 amide bonds. The van der Waals surface area contributed by atoms with Crippen LogP contribution in [0.5, 0.6) is 0 Å². The molecule has 0 unspecified atom stereocenters. The van der Waals surface area contributed by atoms with E-state index in [1.165, 1.54) is 16.7 Å². The molecule has 0 aliphatic carbocycles. The fourth-order valence-corrected chi connectivity index (χ4v) is 3.00. The monoisotopic (exact) mass is 344 g/mol. The molecule has 4 rings (SSSR count). The first-order valence-electron chi connectivity index (χ1n) is 7.91. The summed E-state index contributed by atoms with van der Waals surface area (Å²) in [5, 5.41) is 9.31. The highest BCUT2D eigenvalue weighted by Gasteiger charge is 2.13. The van der Waals surface area contributed by atoms with Crippen LogP contribution in [-0.4, -0.2) is 14.0 Å². The van der Waals surface area contributed by atoms with Crippen LogP contribution in [0.1, 0.15) is 5.56 Å². The first kappa shape index (κ1) is 15.8. The van der Waals surface area contributed by atoms with Crippen LogP contribution in [0.25, 0.3) is 28.0 Å². The van der Waals surface area contributed by atoms with E-state index < -0.39 is 5.82 Å². The van der Waals surface area contributed by atoms with Crippen LogP contribution >= 0.6 is 0 Å². The number of aromatic nitrogens is 3. The minimum atomic E-state index is -0.427. The Kier molecular flexibility index (Phi) is 3.63. The van der Waals surface area contributed by atoms with E-state index in [1.807, 2.05) is 0 Å². The first-order valence-corrected chi connectivity index (χ1v) is 7.91. The number of fused-ring (bicyclic) bond motifs is 1. The van der Waals surface area contributed by atoms with Crippen molar-refractivity contribution < 1.29 is 4.39 Å². The van der Waals surface area contributed by atoms with E-state index in [0.29, 0.717) is 27.9 Å². The van der Waals surface area contributed by atoms with Gasteiger partial charge in [0.25, 0.3) is 5.56 Å². The number of aryl methyl sites for hydroxylation is 1. The highest BCUT2D eigenvalue weighted by molar-refractivity contribution is 5.76. The van der Waals surface area contributed by atoms with E-state index in [1.54, 1.807) is 60.4 Å². The number of hydrogen-bond donors (Lipinski definition) is 0. The van der Waals surface area contributed by atoms with Crippen molar-refractivity contribution >= 4 is 5.65 Å². The van der Waals surface area contributed by atoms with Crippen molar-refractivity contribution in [2.24, 2.45) is 7.05 Å². The second-order valence-corrected chi connectivity index (χ2v) is 5.94. The molecule has 0 atom stereocenters. The molecule has 0 saturated heterocycles. The molecule has 0 N–H and O–H groups in total. The topological polar surface area (TPSA) is 63.1 Å². The fourth-order valence-electron chi connectivity index (χ4n) is 3.00. The van der Waals surface area contributed by atoms with Gasteiger partial charge in [-0.15, -0.1) is 0 Å². The maximum Gasteiger partial charge on any atom is 0.293 e. The zero-order chi connectivity index (χ0) is 18.3. The van der Waals surface area contributed by atoms with E-state index in [-0.39, 0.29) is 11.2 Å². The molecule has 126 valence electrons. The van der Waals surface area contributed by atoms with Gasteiger partial charge in [0.05, 0.1) is 23.5 Å². The summed E-state index contributed by atoms with van der Waals surface area (Å²) in [7, 11) is 1.65. The molecular weight excluding hydrogens is 331 g/mol. The Morgan fingerprint density at radius 2 is 1.88 bits per heavy atom. The van der Waals surface area contributed by atoms with Crippen LogP contribution < -0.4 is 5.56 Å². The van der Waals surface area contributed by atoms with Gasteiger partial charge in [0, 0.05) is 25.0 Å². The molecule has 4 aromatic rings. The fraction of sp³-hybridized carbons (Fsp3) is 0.0500. The molecule has 0 bridgehead atoms. The van der Waals surface area contributed by atoms with Crippen molar-refractivity contribution in [3.8, 4) is 28.5 Å². The van der Waals surface area contributed by atoms with Crippen LogP contribution in [0.3, 0.4) is 0 Å². The van der Waals surface area contributed by atoms with Crippen molar-refractivity contribution in [1.82, 2.24) is 14.0 Å². The minimum Gasteiger partial charge on any atom is -0.314 e. The Morgan fingerprint density at radius 1 is 1.12 bits per heavy atom. The zero-order valence-electron chi connectivity index (χ0n) is 13.8. The van der Waals surface area contributed by atoms with Gasteiger partial charge in [0.15, 0.2) is 0 Å². The second kappa shape index (κ2) is 5.97. The Bertz CT molecular complexity index is 1250. The highest BCUT2D eigenvalue weighted by atomic mass is 19.1. The molecule has 0 aliphatic heterocycles. The zero-order valence-corrected chi connectivity index (χ0v) is 13.8. The summed E-state index contributed by atoms with van der Waals surface area (Å²) in [6.45, 7) is 0. The molecule has 5 nitrogen and oxygen atoms in total. The van der Waals surface area contributed by atoms with E-state index in [0.717, 1.165) is 0 Å². The van der Waals surface area contributed by atoms with Crippen molar-refractivity contribution in [2.45, 2.75) is 0 Å². The summed E-state index contributed by atoms with van der Waals surface area (Å²) >= 11 is 0. The number of nitrogens with zero attached hydrogens (tertiary/aromatic N) is 4. The van der Waals surface area contributed by atoms with E-state index >= 15 is 0 Å². The predicted octanol–water partition coefficient (Wildman–Crippen LogP) is 3.38. The molecule has 2 heterocycles. The summed E-state index contributed by atoms with van der Waals surface area (Å²) in [6, 6.07) is 13.7. The third-order valence-electron chi connectivity index (χ3n) is 4.30. The summed E-state index contributed by atoms with van der Waals surface area (Å²) in [6.07, 6.45) is 4.89. The van der Waals surface area contributed by atoms with Crippen molar-refractivity contribution in [2.75, 3.05) is 0 Å². The first-order chi connectivity index (χ1) is 12.6. The molecule has 0 aliphatic rings. The maximum absolute atomic E-state index is 14.3. The van der Waals surface area contributed by atoms with E-state index in [4.69, 9.17) is 0 Å². The molecule has 0 saturated carbocycles. The molecule has 0 radical (unpaired) electrons. The molecule has 2 aromatic carbocycles. The SMILES string of the molecule is Cn1ccn2c(-c3cc(F)cc(-c4ccccc4C#N)c3)cnc2c1=O. The maximum atomic E-state index is 14.3. The van der Waals surface area contributed by atoms with Crippen LogP contribution in [0.4, 0.5) is 4.39 Å². The number of benzene rings is 2. The lowest BCUT2D eigenvalue weighted by Crippen LogP contribution is -2.18. The van der Waals surface area contributed by atoms with Gasteiger partial charge in [-0.05, 0) is 35.4 Å². The third kappa shape index (κ3) is 2.47. The van der Waals surface area contributed by atoms with Gasteiger partial charge in [-0.1, -0.05) is 18.2 Å². The number of imidazole rings is 1. The highest BCUT2D eigenvalue weighted by Crippen LogP contribution is 2.29. The van der Waals surface area contributed by atoms with Gasteiger partial charge < -0.3 is 4.57 Å². The van der Waals surface area contributed by atoms with Gasteiger partial charge in [-0.25, -0.2) is 9.37 Å². The van der Waals surface area contributed by atoms with Gasteiger partial charge in [-0.2, -0.15) is 5.26 Å². The van der Waals surface area contributed by atoms with Gasteiger partial charge in [0.1, 0.15) is 5.82 Å². The van der Waals surface area contributed by atoms with Gasteiger partial charge in [0.2, 0.25) is 5.65 Å². The Morgan fingerprint density at radius 3 is 2.69 bits per heavy atom. The predicted molar refractivity (Wildman–Crippen MR) is 96.0 cm³/mol. The summed E-state index contributed by atoms with van der Waals surface area (Å²) in [5.74, 6) is -0.427. The Hall–Kier alpha value is -3.72. The smallest absolute Gasteiger partial charge is 0.293 e. The average Bonchev–Trinajstić information content (AvgIpc) is 3.09. The quantitative estimate of drug-likeness (QED) is 0.560. The molecule has 0 spiro atoms. The number of nitriles is 1. The molecule has 0 fully saturated rings. The Labute approximate surface area is 148 Å².